The van der Waals surface area contributed by atoms with Crippen LogP contribution in [-0.2, 0) is 0 Å². The van der Waals surface area contributed by atoms with Crippen molar-refractivity contribution in [2.45, 2.75) is 65.5 Å². The van der Waals surface area contributed by atoms with Gasteiger partial charge in [-0.15, -0.1) is 0 Å². The molecule has 1 heterocycles. The average Bonchev–Trinajstić information content (AvgIpc) is 2.97. The van der Waals surface area contributed by atoms with Gasteiger partial charge in [-0.2, -0.15) is 5.10 Å². The van der Waals surface area contributed by atoms with Crippen LogP contribution < -0.4 is 10.1 Å². The normalized spacial score (nSPS) is 22.4. The van der Waals surface area contributed by atoms with Crippen molar-refractivity contribution in [3.63, 3.8) is 0 Å². The minimum Gasteiger partial charge on any atom is -0.490 e. The molecular weight excluding hydrogens is 286 g/mol. The van der Waals surface area contributed by atoms with Crippen LogP contribution in [0, 0.1) is 12.3 Å². The van der Waals surface area contributed by atoms with Crippen molar-refractivity contribution >= 4 is 10.9 Å². The molecule has 1 aromatic carbocycles. The molecule has 0 amide bonds. The van der Waals surface area contributed by atoms with Gasteiger partial charge >= 0.3 is 0 Å². The lowest BCUT2D eigenvalue weighted by atomic mass is 9.90. The van der Waals surface area contributed by atoms with E-state index in [0.717, 1.165) is 36.0 Å². The van der Waals surface area contributed by atoms with Crippen molar-refractivity contribution in [1.82, 2.24) is 15.5 Å². The molecule has 1 fully saturated rings. The molecule has 0 bridgehead atoms. The molecule has 1 aliphatic carbocycles. The van der Waals surface area contributed by atoms with Gasteiger partial charge in [-0.3, -0.25) is 5.10 Å². The van der Waals surface area contributed by atoms with E-state index in [1.807, 2.05) is 6.20 Å². The summed E-state index contributed by atoms with van der Waals surface area (Å²) in [6.45, 7) is 10.0. The monoisotopic (exact) mass is 315 g/mol. The summed E-state index contributed by atoms with van der Waals surface area (Å²) in [7, 11) is 0. The van der Waals surface area contributed by atoms with Crippen LogP contribution in [0.2, 0.25) is 0 Å². The Hall–Kier alpha value is -1.55. The first-order chi connectivity index (χ1) is 10.9. The number of fused-ring (bicyclic) bond motifs is 1. The Balaban J connectivity index is 1.63. The quantitative estimate of drug-likeness (QED) is 0.889. The Kier molecular flexibility index (Phi) is 4.62. The minimum atomic E-state index is 0.310. The number of nitrogens with one attached hydrogen (secondary N) is 2. The van der Waals surface area contributed by atoms with Crippen LogP contribution in [0.4, 0.5) is 0 Å². The Bertz CT molecular complexity index is 656. The summed E-state index contributed by atoms with van der Waals surface area (Å²) >= 11 is 0. The molecule has 4 nitrogen and oxygen atoms in total. The second-order valence-corrected chi connectivity index (χ2v) is 8.06. The number of H-pyrrole nitrogens is 1. The van der Waals surface area contributed by atoms with Crippen molar-refractivity contribution in [2.24, 2.45) is 5.41 Å². The number of aromatic nitrogens is 2. The second-order valence-electron chi connectivity index (χ2n) is 8.06. The van der Waals surface area contributed by atoms with Crippen LogP contribution in [0.5, 0.6) is 5.75 Å². The van der Waals surface area contributed by atoms with Crippen LogP contribution in [0.15, 0.2) is 18.3 Å². The van der Waals surface area contributed by atoms with E-state index in [1.54, 1.807) is 0 Å². The fourth-order valence-corrected chi connectivity index (χ4v) is 3.33. The third-order valence-corrected chi connectivity index (χ3v) is 4.68. The number of ether oxygens (including phenoxy) is 1. The largest absolute Gasteiger partial charge is 0.490 e. The van der Waals surface area contributed by atoms with Crippen LogP contribution in [0.3, 0.4) is 0 Å². The summed E-state index contributed by atoms with van der Waals surface area (Å²) in [4.78, 5) is 0. The van der Waals surface area contributed by atoms with Gasteiger partial charge in [-0.25, -0.2) is 0 Å². The van der Waals surface area contributed by atoms with Crippen LogP contribution >= 0.6 is 0 Å². The molecule has 0 unspecified atom stereocenters. The topological polar surface area (TPSA) is 49.9 Å². The Morgan fingerprint density at radius 2 is 2.13 bits per heavy atom. The summed E-state index contributed by atoms with van der Waals surface area (Å²) in [5, 5.41) is 12.0. The van der Waals surface area contributed by atoms with Gasteiger partial charge in [0.15, 0.2) is 0 Å². The van der Waals surface area contributed by atoms with Crippen LogP contribution in [0.25, 0.3) is 10.9 Å². The number of aromatic amines is 1. The fourth-order valence-electron chi connectivity index (χ4n) is 3.33. The molecule has 1 saturated carbocycles. The zero-order valence-corrected chi connectivity index (χ0v) is 14.8. The Labute approximate surface area is 139 Å². The summed E-state index contributed by atoms with van der Waals surface area (Å²) in [6, 6.07) is 4.70. The van der Waals surface area contributed by atoms with Crippen molar-refractivity contribution in [3.8, 4) is 5.75 Å². The Morgan fingerprint density at radius 1 is 1.30 bits per heavy atom. The number of benzene rings is 1. The average molecular weight is 315 g/mol. The maximum atomic E-state index is 6.34. The van der Waals surface area contributed by atoms with E-state index in [9.17, 15) is 0 Å². The number of rotatable bonds is 4. The molecule has 1 aliphatic rings. The molecule has 0 spiro atoms. The SMILES string of the molecule is Cc1c(O[C@@H]2CCC[C@H](NCC(C)(C)C)C2)ccc2[nH]ncc12. The van der Waals surface area contributed by atoms with Crippen molar-refractivity contribution in [2.75, 3.05) is 6.54 Å². The maximum Gasteiger partial charge on any atom is 0.123 e. The van der Waals surface area contributed by atoms with Crippen molar-refractivity contribution < 1.29 is 4.74 Å². The van der Waals surface area contributed by atoms with E-state index in [1.165, 1.54) is 18.4 Å². The molecule has 2 aromatic rings. The lowest BCUT2D eigenvalue weighted by molar-refractivity contribution is 0.130. The first-order valence-corrected chi connectivity index (χ1v) is 8.75. The van der Waals surface area contributed by atoms with E-state index in [-0.39, 0.29) is 0 Å². The lowest BCUT2D eigenvalue weighted by Crippen LogP contribution is -2.41. The standard InChI is InChI=1S/C19H29N3O/c1-13-16-11-21-22-17(16)8-9-18(13)23-15-7-5-6-14(10-15)20-12-19(2,3)4/h8-9,11,14-15,20H,5-7,10,12H2,1-4H3,(H,21,22)/t14-,15+/m0/s1. The molecule has 0 aliphatic heterocycles. The molecule has 0 radical (unpaired) electrons. The summed E-state index contributed by atoms with van der Waals surface area (Å²) < 4.78 is 6.34. The third-order valence-electron chi connectivity index (χ3n) is 4.68. The summed E-state index contributed by atoms with van der Waals surface area (Å²) in [5.41, 5.74) is 2.58. The van der Waals surface area contributed by atoms with Gasteiger partial charge < -0.3 is 10.1 Å². The fraction of sp³-hybridized carbons (Fsp3) is 0.632. The highest BCUT2D eigenvalue weighted by atomic mass is 16.5. The molecule has 3 rings (SSSR count). The molecule has 126 valence electrons. The van der Waals surface area contributed by atoms with Gasteiger partial charge in [0.2, 0.25) is 0 Å². The van der Waals surface area contributed by atoms with E-state index in [4.69, 9.17) is 4.74 Å². The highest BCUT2D eigenvalue weighted by molar-refractivity contribution is 5.83. The van der Waals surface area contributed by atoms with E-state index in [2.05, 4.69) is 55.3 Å². The molecule has 1 aromatic heterocycles. The number of hydrogen-bond donors (Lipinski definition) is 2. The maximum absolute atomic E-state index is 6.34. The molecular formula is C19H29N3O. The first-order valence-electron chi connectivity index (χ1n) is 8.75. The van der Waals surface area contributed by atoms with Gasteiger partial charge in [0.05, 0.1) is 11.7 Å². The number of nitrogens with zero attached hydrogens (tertiary/aromatic N) is 1. The second kappa shape index (κ2) is 6.52. The zero-order chi connectivity index (χ0) is 16.4. The smallest absolute Gasteiger partial charge is 0.123 e. The molecule has 23 heavy (non-hydrogen) atoms. The summed E-state index contributed by atoms with van der Waals surface area (Å²) in [5.74, 6) is 1.00. The number of aryl methyl sites for hydroxylation is 1. The lowest BCUT2D eigenvalue weighted by Gasteiger charge is -2.32. The van der Waals surface area contributed by atoms with E-state index < -0.39 is 0 Å². The third kappa shape index (κ3) is 4.05. The summed E-state index contributed by atoms with van der Waals surface area (Å²) in [6.07, 6.45) is 6.93. The van der Waals surface area contributed by atoms with E-state index in [0.29, 0.717) is 17.6 Å². The van der Waals surface area contributed by atoms with Crippen LogP contribution in [-0.4, -0.2) is 28.9 Å². The molecule has 2 N–H and O–H groups in total. The highest BCUT2D eigenvalue weighted by Crippen LogP contribution is 2.30. The first kappa shape index (κ1) is 16.3. The predicted octanol–water partition coefficient (Wildman–Crippen LogP) is 4.20. The van der Waals surface area contributed by atoms with Crippen molar-refractivity contribution in [3.05, 3.63) is 23.9 Å². The molecule has 4 heteroatoms. The Morgan fingerprint density at radius 3 is 2.91 bits per heavy atom. The van der Waals surface area contributed by atoms with Gasteiger partial charge in [0.1, 0.15) is 11.9 Å². The predicted molar refractivity (Wildman–Crippen MR) is 95.0 cm³/mol. The van der Waals surface area contributed by atoms with Crippen LogP contribution in [0.1, 0.15) is 52.0 Å². The zero-order valence-electron chi connectivity index (χ0n) is 14.8. The van der Waals surface area contributed by atoms with Gasteiger partial charge in [-0.1, -0.05) is 20.8 Å². The molecule has 2 atom stereocenters. The molecule has 0 saturated heterocycles. The van der Waals surface area contributed by atoms with Gasteiger partial charge in [0.25, 0.3) is 0 Å². The van der Waals surface area contributed by atoms with E-state index >= 15 is 0 Å². The highest BCUT2D eigenvalue weighted by Gasteiger charge is 2.25. The van der Waals surface area contributed by atoms with Gasteiger partial charge in [0, 0.05) is 23.5 Å². The van der Waals surface area contributed by atoms with Gasteiger partial charge in [-0.05, 0) is 50.2 Å². The van der Waals surface area contributed by atoms with Crippen molar-refractivity contribution in [1.29, 1.82) is 0 Å². The number of hydrogen-bond acceptors (Lipinski definition) is 3. The minimum absolute atomic E-state index is 0.310.